The molecule has 0 amide bonds. The van der Waals surface area contributed by atoms with Crippen LogP contribution in [0.1, 0.15) is 16.7 Å². The molecule has 0 aromatic heterocycles. The van der Waals surface area contributed by atoms with Crippen molar-refractivity contribution in [3.05, 3.63) is 95.6 Å². The Morgan fingerprint density at radius 2 is 1.00 bits per heavy atom. The summed E-state index contributed by atoms with van der Waals surface area (Å²) < 4.78 is 11.9. The Kier molecular flexibility index (Phi) is 6.11. The number of hydrogen-bond donors (Lipinski definition) is 0. The van der Waals surface area contributed by atoms with Crippen molar-refractivity contribution < 1.29 is 9.47 Å². The van der Waals surface area contributed by atoms with E-state index in [1.807, 2.05) is 30.3 Å². The summed E-state index contributed by atoms with van der Waals surface area (Å²) in [6.45, 7) is 3.38. The molecule has 2 nitrogen and oxygen atoms in total. The predicted octanol–water partition coefficient (Wildman–Crippen LogP) is 5.24. The SMILES string of the molecule is Cc1c(OCCc2ccccc2)cccc1OCCc1ccccc1. The van der Waals surface area contributed by atoms with Crippen LogP contribution < -0.4 is 9.47 Å². The summed E-state index contributed by atoms with van der Waals surface area (Å²) in [5.74, 6) is 1.79. The monoisotopic (exact) mass is 332 g/mol. The summed E-state index contributed by atoms with van der Waals surface area (Å²) in [5, 5.41) is 0. The Morgan fingerprint density at radius 3 is 1.44 bits per heavy atom. The van der Waals surface area contributed by atoms with Crippen molar-refractivity contribution in [3.63, 3.8) is 0 Å². The Morgan fingerprint density at radius 1 is 0.560 bits per heavy atom. The van der Waals surface area contributed by atoms with E-state index < -0.39 is 0 Å². The van der Waals surface area contributed by atoms with Gasteiger partial charge in [-0.3, -0.25) is 0 Å². The highest BCUT2D eigenvalue weighted by atomic mass is 16.5. The van der Waals surface area contributed by atoms with Crippen molar-refractivity contribution in [1.82, 2.24) is 0 Å². The zero-order valence-electron chi connectivity index (χ0n) is 14.7. The van der Waals surface area contributed by atoms with E-state index in [-0.39, 0.29) is 0 Å². The Bertz CT molecular complexity index is 703. The molecule has 0 heterocycles. The van der Waals surface area contributed by atoms with Crippen molar-refractivity contribution in [3.8, 4) is 11.5 Å². The lowest BCUT2D eigenvalue weighted by atomic mass is 10.1. The fourth-order valence-corrected chi connectivity index (χ4v) is 2.75. The molecule has 0 aliphatic heterocycles. The van der Waals surface area contributed by atoms with Gasteiger partial charge in [0.15, 0.2) is 0 Å². The maximum atomic E-state index is 5.97. The van der Waals surface area contributed by atoms with Crippen molar-refractivity contribution in [2.24, 2.45) is 0 Å². The van der Waals surface area contributed by atoms with E-state index >= 15 is 0 Å². The third-order valence-corrected chi connectivity index (χ3v) is 4.22. The smallest absolute Gasteiger partial charge is 0.125 e. The summed E-state index contributed by atoms with van der Waals surface area (Å²) in [5.41, 5.74) is 3.63. The third-order valence-electron chi connectivity index (χ3n) is 4.22. The van der Waals surface area contributed by atoms with Crippen LogP contribution in [0.3, 0.4) is 0 Å². The van der Waals surface area contributed by atoms with Crippen molar-refractivity contribution >= 4 is 0 Å². The fraction of sp³-hybridized carbons (Fsp3) is 0.217. The molecular weight excluding hydrogens is 308 g/mol. The van der Waals surface area contributed by atoms with Crippen LogP contribution in [0.15, 0.2) is 78.9 Å². The molecule has 0 saturated heterocycles. The van der Waals surface area contributed by atoms with Crippen LogP contribution in [0.2, 0.25) is 0 Å². The van der Waals surface area contributed by atoms with Crippen LogP contribution in [0.4, 0.5) is 0 Å². The Labute approximate surface area is 150 Å². The summed E-state index contributed by atoms with van der Waals surface area (Å²) in [6.07, 6.45) is 1.80. The van der Waals surface area contributed by atoms with Gasteiger partial charge in [0.1, 0.15) is 11.5 Å². The van der Waals surface area contributed by atoms with Gasteiger partial charge in [-0.05, 0) is 30.2 Å². The van der Waals surface area contributed by atoms with E-state index in [0.717, 1.165) is 29.9 Å². The highest BCUT2D eigenvalue weighted by Gasteiger charge is 2.06. The summed E-state index contributed by atoms with van der Waals surface area (Å²) >= 11 is 0. The highest BCUT2D eigenvalue weighted by molar-refractivity contribution is 5.43. The normalized spacial score (nSPS) is 10.4. The number of benzene rings is 3. The highest BCUT2D eigenvalue weighted by Crippen LogP contribution is 2.27. The zero-order chi connectivity index (χ0) is 17.3. The van der Waals surface area contributed by atoms with E-state index in [0.29, 0.717) is 13.2 Å². The Balaban J connectivity index is 1.52. The third kappa shape index (κ3) is 5.12. The molecule has 0 N–H and O–H groups in total. The maximum absolute atomic E-state index is 5.97. The largest absolute Gasteiger partial charge is 0.493 e. The lowest BCUT2D eigenvalue weighted by molar-refractivity contribution is 0.302. The standard InChI is InChI=1S/C23H24O2/c1-19-22(24-17-15-20-9-4-2-5-10-20)13-8-14-23(19)25-18-16-21-11-6-3-7-12-21/h2-14H,15-18H2,1H3. The van der Waals surface area contributed by atoms with Gasteiger partial charge in [-0.15, -0.1) is 0 Å². The van der Waals surface area contributed by atoms with Crippen molar-refractivity contribution in [2.45, 2.75) is 19.8 Å². The van der Waals surface area contributed by atoms with Crippen LogP contribution in [0, 0.1) is 6.92 Å². The molecule has 0 aliphatic carbocycles. The molecular formula is C23H24O2. The van der Waals surface area contributed by atoms with E-state index in [1.165, 1.54) is 11.1 Å². The second kappa shape index (κ2) is 8.93. The van der Waals surface area contributed by atoms with Crippen molar-refractivity contribution in [1.29, 1.82) is 0 Å². The summed E-state index contributed by atoms with van der Waals surface area (Å²) in [7, 11) is 0. The predicted molar refractivity (Wildman–Crippen MR) is 102 cm³/mol. The minimum absolute atomic E-state index is 0.665. The molecule has 0 aliphatic rings. The molecule has 0 unspecified atom stereocenters. The lowest BCUT2D eigenvalue weighted by Crippen LogP contribution is -2.05. The summed E-state index contributed by atoms with van der Waals surface area (Å²) in [4.78, 5) is 0. The minimum Gasteiger partial charge on any atom is -0.493 e. The molecule has 0 radical (unpaired) electrons. The van der Waals surface area contributed by atoms with E-state index in [9.17, 15) is 0 Å². The van der Waals surface area contributed by atoms with Crippen LogP contribution >= 0.6 is 0 Å². The van der Waals surface area contributed by atoms with Gasteiger partial charge < -0.3 is 9.47 Å². The van der Waals surface area contributed by atoms with Crippen LogP contribution in [0.5, 0.6) is 11.5 Å². The maximum Gasteiger partial charge on any atom is 0.125 e. The second-order valence-corrected chi connectivity index (χ2v) is 6.05. The van der Waals surface area contributed by atoms with Gasteiger partial charge in [-0.2, -0.15) is 0 Å². The molecule has 3 aromatic carbocycles. The van der Waals surface area contributed by atoms with E-state index in [2.05, 4.69) is 55.5 Å². The number of ether oxygens (including phenoxy) is 2. The van der Waals surface area contributed by atoms with Crippen LogP contribution in [0.25, 0.3) is 0 Å². The molecule has 2 heteroatoms. The molecule has 0 spiro atoms. The summed E-state index contributed by atoms with van der Waals surface area (Å²) in [6, 6.07) is 26.8. The quantitative estimate of drug-likeness (QED) is 0.562. The molecule has 0 bridgehead atoms. The first-order chi connectivity index (χ1) is 12.3. The molecule has 3 rings (SSSR count). The van der Waals surface area contributed by atoms with Gasteiger partial charge in [0.2, 0.25) is 0 Å². The number of hydrogen-bond acceptors (Lipinski definition) is 2. The molecule has 3 aromatic rings. The van der Waals surface area contributed by atoms with E-state index in [4.69, 9.17) is 9.47 Å². The average Bonchev–Trinajstić information content (AvgIpc) is 2.66. The minimum atomic E-state index is 0.665. The van der Waals surface area contributed by atoms with Gasteiger partial charge in [0, 0.05) is 18.4 Å². The van der Waals surface area contributed by atoms with E-state index in [1.54, 1.807) is 0 Å². The van der Waals surface area contributed by atoms with Gasteiger partial charge in [-0.1, -0.05) is 66.7 Å². The molecule has 128 valence electrons. The van der Waals surface area contributed by atoms with Crippen LogP contribution in [-0.2, 0) is 12.8 Å². The molecule has 0 atom stereocenters. The van der Waals surface area contributed by atoms with Gasteiger partial charge >= 0.3 is 0 Å². The number of rotatable bonds is 8. The molecule has 0 saturated carbocycles. The molecule has 0 fully saturated rings. The first-order valence-electron chi connectivity index (χ1n) is 8.76. The zero-order valence-corrected chi connectivity index (χ0v) is 14.7. The van der Waals surface area contributed by atoms with Gasteiger partial charge in [-0.25, -0.2) is 0 Å². The van der Waals surface area contributed by atoms with Crippen LogP contribution in [-0.4, -0.2) is 13.2 Å². The second-order valence-electron chi connectivity index (χ2n) is 6.05. The average molecular weight is 332 g/mol. The van der Waals surface area contributed by atoms with Crippen molar-refractivity contribution in [2.75, 3.05) is 13.2 Å². The topological polar surface area (TPSA) is 18.5 Å². The fourth-order valence-electron chi connectivity index (χ4n) is 2.75. The van der Waals surface area contributed by atoms with Gasteiger partial charge in [0.25, 0.3) is 0 Å². The van der Waals surface area contributed by atoms with Gasteiger partial charge in [0.05, 0.1) is 13.2 Å². The molecule has 25 heavy (non-hydrogen) atoms. The first-order valence-corrected chi connectivity index (χ1v) is 8.76. The lowest BCUT2D eigenvalue weighted by Gasteiger charge is -2.14. The first kappa shape index (κ1) is 17.1. The Hall–Kier alpha value is -2.74.